The number of esters is 2. The van der Waals surface area contributed by atoms with Crippen molar-refractivity contribution in [1.29, 1.82) is 0 Å². The molecule has 8 nitrogen and oxygen atoms in total. The van der Waals surface area contributed by atoms with Gasteiger partial charge in [-0.15, -0.1) is 11.8 Å². The summed E-state index contributed by atoms with van der Waals surface area (Å²) in [6.45, 7) is 2.67. The minimum atomic E-state index is -0.442. The highest BCUT2D eigenvalue weighted by Crippen LogP contribution is 2.47. The first kappa shape index (κ1) is 37.3. The molecule has 4 rings (SSSR count). The average molecular weight is 724 g/mol. The van der Waals surface area contributed by atoms with Crippen LogP contribution in [0.4, 0.5) is 0 Å². The lowest BCUT2D eigenvalue weighted by Crippen LogP contribution is -2.03. The molecule has 4 aromatic carbocycles. The van der Waals surface area contributed by atoms with Gasteiger partial charge in [-0.1, -0.05) is 71.8 Å². The summed E-state index contributed by atoms with van der Waals surface area (Å²) in [6, 6.07) is 21.8. The number of carbonyl (C=O) groups excluding carboxylic acids is 2. The zero-order valence-corrected chi connectivity index (χ0v) is 30.2. The molecule has 0 spiro atoms. The van der Waals surface area contributed by atoms with Crippen molar-refractivity contribution in [3.05, 3.63) is 117 Å². The first-order valence-electron chi connectivity index (χ1n) is 15.0. The van der Waals surface area contributed by atoms with Crippen LogP contribution in [0.5, 0.6) is 34.5 Å². The molecule has 0 N–H and O–H groups in total. The van der Waals surface area contributed by atoms with E-state index in [4.69, 9.17) is 51.6 Å². The van der Waals surface area contributed by atoms with Gasteiger partial charge in [0.15, 0.2) is 23.0 Å². The monoisotopic (exact) mass is 722 g/mol. The van der Waals surface area contributed by atoms with E-state index in [0.29, 0.717) is 44.5 Å². The van der Waals surface area contributed by atoms with Crippen molar-refractivity contribution in [3.63, 3.8) is 0 Å². The fourth-order valence-electron chi connectivity index (χ4n) is 4.78. The summed E-state index contributed by atoms with van der Waals surface area (Å²) >= 11 is 15.3. The molecular weight excluding hydrogens is 687 g/mol. The van der Waals surface area contributed by atoms with Gasteiger partial charge in [-0.25, -0.2) is 0 Å². The van der Waals surface area contributed by atoms with Crippen LogP contribution in [0.2, 0.25) is 10.0 Å². The molecule has 49 heavy (non-hydrogen) atoms. The van der Waals surface area contributed by atoms with Crippen LogP contribution in [-0.4, -0.2) is 40.4 Å². The molecule has 0 saturated carbocycles. The maximum absolute atomic E-state index is 11.6. The van der Waals surface area contributed by atoms with E-state index in [-0.39, 0.29) is 10.5 Å². The Morgan fingerprint density at radius 2 is 0.980 bits per heavy atom. The largest absolute Gasteiger partial charge is 0.497 e. The molecule has 2 unspecified atom stereocenters. The highest BCUT2D eigenvalue weighted by Gasteiger charge is 2.22. The molecule has 0 radical (unpaired) electrons. The topological polar surface area (TPSA) is 89.5 Å². The number of hydrogen-bond donors (Lipinski definition) is 0. The van der Waals surface area contributed by atoms with Crippen LogP contribution in [0.15, 0.2) is 84.9 Å². The van der Waals surface area contributed by atoms with Gasteiger partial charge in [-0.05, 0) is 70.8 Å². The van der Waals surface area contributed by atoms with Crippen LogP contribution >= 0.6 is 35.0 Å². The first-order valence-corrected chi connectivity index (χ1v) is 16.7. The van der Waals surface area contributed by atoms with Crippen molar-refractivity contribution in [1.82, 2.24) is 0 Å². The fourth-order valence-corrected chi connectivity index (χ4v) is 6.85. The van der Waals surface area contributed by atoms with Crippen LogP contribution in [-0.2, 0) is 9.59 Å². The molecule has 0 aliphatic carbocycles. The number of hydrogen-bond acceptors (Lipinski definition) is 9. The van der Waals surface area contributed by atoms with Crippen molar-refractivity contribution in [3.8, 4) is 34.5 Å². The Morgan fingerprint density at radius 1 is 0.571 bits per heavy atom. The minimum absolute atomic E-state index is 0.286. The molecule has 4 aromatic rings. The molecule has 11 heteroatoms. The Morgan fingerprint density at radius 3 is 1.31 bits per heavy atom. The molecule has 0 amide bonds. The van der Waals surface area contributed by atoms with E-state index in [9.17, 15) is 9.59 Å². The smallest absolute Gasteiger partial charge is 0.308 e. The minimum Gasteiger partial charge on any atom is -0.497 e. The Bertz CT molecular complexity index is 1720. The van der Waals surface area contributed by atoms with E-state index < -0.39 is 11.9 Å². The van der Waals surface area contributed by atoms with E-state index in [1.807, 2.05) is 60.7 Å². The van der Waals surface area contributed by atoms with Crippen LogP contribution in [0.1, 0.15) is 46.6 Å². The highest BCUT2D eigenvalue weighted by molar-refractivity contribution is 8.00. The summed E-state index contributed by atoms with van der Waals surface area (Å²) in [5, 5.41) is 0.481. The van der Waals surface area contributed by atoms with Crippen molar-refractivity contribution in [2.24, 2.45) is 0 Å². The highest BCUT2D eigenvalue weighted by atomic mass is 35.5. The van der Waals surface area contributed by atoms with E-state index >= 15 is 0 Å². The summed E-state index contributed by atoms with van der Waals surface area (Å²) in [5.74, 6) is 1.88. The van der Waals surface area contributed by atoms with Gasteiger partial charge in [-0.3, -0.25) is 9.59 Å². The summed E-state index contributed by atoms with van der Waals surface area (Å²) in [5.41, 5.74) is 3.33. The SMILES string of the molecule is COc1ccc(C(C=Cc2ccc(OC(C)=O)c(OC)c2)SC(C=Cc2ccc(OC(C)=O)c(OC)c2)c2ccc(OC)cc2Cl)c(Cl)c1. The molecule has 0 saturated heterocycles. The van der Waals surface area contributed by atoms with Crippen LogP contribution in [0.3, 0.4) is 0 Å². The van der Waals surface area contributed by atoms with E-state index in [0.717, 1.165) is 22.3 Å². The maximum Gasteiger partial charge on any atom is 0.308 e. The normalized spacial score (nSPS) is 12.4. The van der Waals surface area contributed by atoms with Gasteiger partial charge < -0.3 is 28.4 Å². The number of rotatable bonds is 14. The molecule has 256 valence electrons. The van der Waals surface area contributed by atoms with Crippen molar-refractivity contribution in [2.75, 3.05) is 28.4 Å². The van der Waals surface area contributed by atoms with Crippen molar-refractivity contribution in [2.45, 2.75) is 24.3 Å². The third-order valence-corrected chi connectivity index (χ3v) is 9.19. The predicted octanol–water partition coefficient (Wildman–Crippen LogP) is 9.82. The molecule has 2 atom stereocenters. The molecule has 0 aliphatic heterocycles. The Balaban J connectivity index is 1.79. The number of halogens is 2. The summed E-state index contributed by atoms with van der Waals surface area (Å²) in [6.07, 6.45) is 7.97. The summed E-state index contributed by atoms with van der Waals surface area (Å²) in [7, 11) is 6.20. The van der Waals surface area contributed by atoms with Gasteiger partial charge >= 0.3 is 11.9 Å². The number of methoxy groups -OCH3 is 4. The Hall–Kier alpha value is -4.57. The third kappa shape index (κ3) is 10.2. The second kappa shape index (κ2) is 17.7. The van der Waals surface area contributed by atoms with Crippen molar-refractivity contribution < 1.29 is 38.0 Å². The van der Waals surface area contributed by atoms with Gasteiger partial charge in [0.2, 0.25) is 0 Å². The maximum atomic E-state index is 11.6. The average Bonchev–Trinajstić information content (AvgIpc) is 3.08. The van der Waals surface area contributed by atoms with E-state index in [2.05, 4.69) is 0 Å². The molecular formula is C38H36Cl2O8S. The van der Waals surface area contributed by atoms with Gasteiger partial charge in [0.25, 0.3) is 0 Å². The zero-order chi connectivity index (χ0) is 35.5. The Kier molecular flexibility index (Phi) is 13.5. The molecule has 0 aromatic heterocycles. The quantitative estimate of drug-likeness (QED) is 0.0932. The second-order valence-corrected chi connectivity index (χ2v) is 12.6. The van der Waals surface area contributed by atoms with Gasteiger partial charge in [0.1, 0.15) is 11.5 Å². The second-order valence-electron chi connectivity index (χ2n) is 10.5. The zero-order valence-electron chi connectivity index (χ0n) is 27.8. The first-order chi connectivity index (χ1) is 23.5. The number of carbonyl (C=O) groups is 2. The van der Waals surface area contributed by atoms with Crippen LogP contribution in [0.25, 0.3) is 12.2 Å². The number of thioether (sulfide) groups is 1. The lowest BCUT2D eigenvalue weighted by atomic mass is 10.1. The van der Waals surface area contributed by atoms with Gasteiger partial charge in [0, 0.05) is 23.9 Å². The number of ether oxygens (including phenoxy) is 6. The number of benzene rings is 4. The summed E-state index contributed by atoms with van der Waals surface area (Å²) < 4.78 is 32.3. The van der Waals surface area contributed by atoms with Crippen molar-refractivity contribution >= 4 is 59.1 Å². The fraction of sp³-hybridized carbons (Fsp3) is 0.211. The van der Waals surface area contributed by atoms with Crippen LogP contribution in [0, 0.1) is 0 Å². The van der Waals surface area contributed by atoms with Crippen LogP contribution < -0.4 is 28.4 Å². The van der Waals surface area contributed by atoms with E-state index in [1.54, 1.807) is 62.4 Å². The Labute approximate surface area is 300 Å². The predicted molar refractivity (Wildman–Crippen MR) is 196 cm³/mol. The lowest BCUT2D eigenvalue weighted by Gasteiger charge is -2.22. The standard InChI is InChI=1S/C38H36Cl2O8S/c1-23(41)47-33-15-7-25(19-35(33)45-5)9-17-37(29-13-11-27(43-3)21-31(29)39)49-38(30-14-12-28(44-4)22-32(30)40)18-10-26-8-16-34(48-24(2)42)36(20-26)46-6/h7-22,37-38H,1-6H3. The molecule has 0 bridgehead atoms. The lowest BCUT2D eigenvalue weighted by molar-refractivity contribution is -0.132. The molecule has 0 aliphatic rings. The molecule has 0 fully saturated rings. The summed E-state index contributed by atoms with van der Waals surface area (Å²) in [4.78, 5) is 23.1. The van der Waals surface area contributed by atoms with Gasteiger partial charge in [-0.2, -0.15) is 0 Å². The molecule has 0 heterocycles. The van der Waals surface area contributed by atoms with Gasteiger partial charge in [0.05, 0.1) is 38.9 Å². The third-order valence-electron chi connectivity index (χ3n) is 7.13. The van der Waals surface area contributed by atoms with E-state index in [1.165, 1.54) is 28.1 Å².